The highest BCUT2D eigenvalue weighted by atomic mass is 14.9. The maximum absolute atomic E-state index is 5.63. The molecule has 1 aromatic carbocycles. The quantitative estimate of drug-likeness (QED) is 0.797. The van der Waals surface area contributed by atoms with Gasteiger partial charge in [0.25, 0.3) is 0 Å². The Morgan fingerprint density at radius 2 is 1.87 bits per heavy atom. The van der Waals surface area contributed by atoms with E-state index in [2.05, 4.69) is 36.5 Å². The van der Waals surface area contributed by atoms with Crippen molar-refractivity contribution in [3.63, 3.8) is 0 Å². The number of aryl methyl sites for hydroxylation is 1. The molecule has 0 amide bonds. The van der Waals surface area contributed by atoms with Crippen LogP contribution in [0.25, 0.3) is 0 Å². The number of benzene rings is 1. The summed E-state index contributed by atoms with van der Waals surface area (Å²) >= 11 is 0. The Labute approximate surface area is 93.9 Å². The van der Waals surface area contributed by atoms with Gasteiger partial charge in [0.1, 0.15) is 0 Å². The lowest BCUT2D eigenvalue weighted by atomic mass is 10.1. The summed E-state index contributed by atoms with van der Waals surface area (Å²) in [6, 6.07) is 8.62. The van der Waals surface area contributed by atoms with Gasteiger partial charge in [-0.25, -0.2) is 0 Å². The normalized spacial score (nSPS) is 11.5. The van der Waals surface area contributed by atoms with E-state index < -0.39 is 0 Å². The monoisotopic (exact) mass is 208 g/mol. The summed E-state index contributed by atoms with van der Waals surface area (Å²) in [7, 11) is 0. The largest absolute Gasteiger partial charge is 0.327 e. The lowest BCUT2D eigenvalue weighted by Crippen LogP contribution is -2.30. The van der Waals surface area contributed by atoms with Gasteiger partial charge in [-0.2, -0.15) is 0 Å². The molecular weight excluding hydrogens is 184 g/mol. The van der Waals surface area contributed by atoms with Gasteiger partial charge in [0, 0.05) is 19.1 Å². The Bertz CT molecular complexity index is 256. The summed E-state index contributed by atoms with van der Waals surface area (Å²) < 4.78 is 0. The van der Waals surface area contributed by atoms with E-state index in [1.165, 1.54) is 11.1 Å². The summed E-state index contributed by atoms with van der Waals surface area (Å²) in [6.07, 6.45) is 0. The molecule has 86 valence electrons. The van der Waals surface area contributed by atoms with Gasteiger partial charge in [-0.05, 0) is 25.0 Å². The highest BCUT2D eigenvalue weighted by molar-refractivity contribution is 5.25. The summed E-state index contributed by atoms with van der Waals surface area (Å²) in [6.45, 7) is 9.91. The van der Waals surface area contributed by atoms with Crippen LogP contribution in [0.15, 0.2) is 24.3 Å². The third-order valence-corrected chi connectivity index (χ3v) is 2.04. The van der Waals surface area contributed by atoms with Crippen LogP contribution in [0, 0.1) is 6.92 Å². The average molecular weight is 208 g/mol. The van der Waals surface area contributed by atoms with E-state index in [9.17, 15) is 0 Å². The SMILES string of the molecule is CC.Cc1ccccc1CNCC(C)N. The first-order valence-corrected chi connectivity index (χ1v) is 5.71. The number of hydrogen-bond donors (Lipinski definition) is 2. The molecule has 2 nitrogen and oxygen atoms in total. The van der Waals surface area contributed by atoms with Crippen molar-refractivity contribution in [3.8, 4) is 0 Å². The summed E-state index contributed by atoms with van der Waals surface area (Å²) in [5, 5.41) is 3.32. The molecule has 3 N–H and O–H groups in total. The Balaban J connectivity index is 0.000000921. The highest BCUT2D eigenvalue weighted by Crippen LogP contribution is 2.05. The van der Waals surface area contributed by atoms with Crippen molar-refractivity contribution in [2.75, 3.05) is 6.54 Å². The molecule has 0 heterocycles. The maximum Gasteiger partial charge on any atom is 0.0208 e. The first-order valence-electron chi connectivity index (χ1n) is 5.71. The van der Waals surface area contributed by atoms with Crippen LogP contribution < -0.4 is 11.1 Å². The van der Waals surface area contributed by atoms with E-state index in [4.69, 9.17) is 5.73 Å². The molecule has 0 saturated carbocycles. The lowest BCUT2D eigenvalue weighted by Gasteiger charge is -2.09. The molecule has 0 aliphatic heterocycles. The fourth-order valence-corrected chi connectivity index (χ4v) is 1.24. The lowest BCUT2D eigenvalue weighted by molar-refractivity contribution is 0.607. The molecule has 0 spiro atoms. The molecule has 0 aliphatic carbocycles. The van der Waals surface area contributed by atoms with Gasteiger partial charge in [-0.1, -0.05) is 38.1 Å². The van der Waals surface area contributed by atoms with Crippen molar-refractivity contribution in [1.29, 1.82) is 0 Å². The second-order valence-electron chi connectivity index (χ2n) is 3.53. The molecule has 0 aromatic heterocycles. The van der Waals surface area contributed by atoms with Crippen LogP contribution in [0.5, 0.6) is 0 Å². The van der Waals surface area contributed by atoms with E-state index in [0.717, 1.165) is 13.1 Å². The molecule has 0 fully saturated rings. The molecule has 1 rings (SSSR count). The van der Waals surface area contributed by atoms with Crippen molar-refractivity contribution in [1.82, 2.24) is 5.32 Å². The highest BCUT2D eigenvalue weighted by Gasteiger charge is 1.97. The molecule has 1 unspecified atom stereocenters. The van der Waals surface area contributed by atoms with E-state index in [1.807, 2.05) is 20.8 Å². The standard InChI is InChI=1S/C11H18N2.C2H6/c1-9-5-3-4-6-11(9)8-13-7-10(2)12;1-2/h3-6,10,13H,7-8,12H2,1-2H3;1-2H3. The maximum atomic E-state index is 5.63. The zero-order valence-corrected chi connectivity index (χ0v) is 10.4. The first-order chi connectivity index (χ1) is 7.20. The topological polar surface area (TPSA) is 38.0 Å². The Kier molecular flexibility index (Phi) is 7.96. The summed E-state index contributed by atoms with van der Waals surface area (Å²) in [4.78, 5) is 0. The minimum atomic E-state index is 0.226. The predicted octanol–water partition coefficient (Wildman–Crippen LogP) is 2.46. The van der Waals surface area contributed by atoms with Crippen LogP contribution in [-0.4, -0.2) is 12.6 Å². The van der Waals surface area contributed by atoms with Gasteiger partial charge in [0.2, 0.25) is 0 Å². The smallest absolute Gasteiger partial charge is 0.0208 e. The Hall–Kier alpha value is -0.860. The van der Waals surface area contributed by atoms with Crippen molar-refractivity contribution in [2.45, 2.75) is 40.3 Å². The zero-order chi connectivity index (χ0) is 11.7. The second-order valence-corrected chi connectivity index (χ2v) is 3.53. The third kappa shape index (κ3) is 6.26. The molecule has 15 heavy (non-hydrogen) atoms. The molecule has 1 atom stereocenters. The van der Waals surface area contributed by atoms with Crippen LogP contribution in [0.1, 0.15) is 31.9 Å². The number of hydrogen-bond acceptors (Lipinski definition) is 2. The van der Waals surface area contributed by atoms with Gasteiger partial charge < -0.3 is 11.1 Å². The fourth-order valence-electron chi connectivity index (χ4n) is 1.24. The van der Waals surface area contributed by atoms with E-state index in [0.29, 0.717) is 0 Å². The van der Waals surface area contributed by atoms with Crippen LogP contribution in [0.2, 0.25) is 0 Å². The molecule has 0 saturated heterocycles. The Morgan fingerprint density at radius 1 is 1.27 bits per heavy atom. The summed E-state index contributed by atoms with van der Waals surface area (Å²) in [5.74, 6) is 0. The number of rotatable bonds is 4. The minimum absolute atomic E-state index is 0.226. The van der Waals surface area contributed by atoms with Crippen molar-refractivity contribution in [2.24, 2.45) is 5.73 Å². The van der Waals surface area contributed by atoms with Crippen molar-refractivity contribution in [3.05, 3.63) is 35.4 Å². The van der Waals surface area contributed by atoms with Gasteiger partial charge in [0.05, 0.1) is 0 Å². The molecule has 1 aromatic rings. The molecule has 0 bridgehead atoms. The van der Waals surface area contributed by atoms with E-state index in [1.54, 1.807) is 0 Å². The van der Waals surface area contributed by atoms with Gasteiger partial charge in [-0.3, -0.25) is 0 Å². The van der Waals surface area contributed by atoms with Crippen LogP contribution >= 0.6 is 0 Å². The second kappa shape index (κ2) is 8.45. The van der Waals surface area contributed by atoms with Crippen LogP contribution in [0.4, 0.5) is 0 Å². The molecule has 0 radical (unpaired) electrons. The fraction of sp³-hybridized carbons (Fsp3) is 0.538. The van der Waals surface area contributed by atoms with Crippen molar-refractivity contribution >= 4 is 0 Å². The molecule has 0 aliphatic rings. The molecular formula is C13H24N2. The predicted molar refractivity (Wildman–Crippen MR) is 67.9 cm³/mol. The Morgan fingerprint density at radius 3 is 2.40 bits per heavy atom. The third-order valence-electron chi connectivity index (χ3n) is 2.04. The van der Waals surface area contributed by atoms with E-state index in [-0.39, 0.29) is 6.04 Å². The average Bonchev–Trinajstić information content (AvgIpc) is 2.23. The molecule has 2 heteroatoms. The van der Waals surface area contributed by atoms with Crippen LogP contribution in [-0.2, 0) is 6.54 Å². The van der Waals surface area contributed by atoms with Crippen molar-refractivity contribution < 1.29 is 0 Å². The van der Waals surface area contributed by atoms with Gasteiger partial charge >= 0.3 is 0 Å². The van der Waals surface area contributed by atoms with Crippen LogP contribution in [0.3, 0.4) is 0 Å². The summed E-state index contributed by atoms with van der Waals surface area (Å²) in [5.41, 5.74) is 8.32. The first kappa shape index (κ1) is 14.1. The number of nitrogens with two attached hydrogens (primary N) is 1. The van der Waals surface area contributed by atoms with Gasteiger partial charge in [0.15, 0.2) is 0 Å². The minimum Gasteiger partial charge on any atom is -0.327 e. The van der Waals surface area contributed by atoms with Gasteiger partial charge in [-0.15, -0.1) is 0 Å². The zero-order valence-electron chi connectivity index (χ0n) is 10.4. The van der Waals surface area contributed by atoms with E-state index >= 15 is 0 Å². The number of nitrogens with one attached hydrogen (secondary N) is 1.